The minimum atomic E-state index is -1.01. The maximum Gasteiger partial charge on any atom is 0.165 e. The van der Waals surface area contributed by atoms with Crippen LogP contribution in [0, 0.1) is 11.6 Å². The predicted octanol–water partition coefficient (Wildman–Crippen LogP) is 11.1. The van der Waals surface area contributed by atoms with E-state index in [4.69, 9.17) is 9.47 Å². The van der Waals surface area contributed by atoms with Gasteiger partial charge in [0.05, 0.1) is 25.0 Å². The van der Waals surface area contributed by atoms with Crippen LogP contribution in [0.1, 0.15) is 66.8 Å². The third kappa shape index (κ3) is 6.29. The number of rotatable bonds is 6. The average molecular weight is 825 g/mol. The molecule has 308 valence electrons. The van der Waals surface area contributed by atoms with Gasteiger partial charge in [-0.05, 0) is 128 Å². The molecule has 62 heavy (non-hydrogen) atoms. The number of hydrogen-bond donors (Lipinski definition) is 4. The molecule has 4 N–H and O–H groups in total. The fraction of sp³-hybridized carbons (Fsp3) is 0.111. The van der Waals surface area contributed by atoms with Crippen LogP contribution in [-0.4, -0.2) is 34.6 Å². The smallest absolute Gasteiger partial charge is 0.165 e. The molecule has 0 heterocycles. The van der Waals surface area contributed by atoms with E-state index >= 15 is 0 Å². The first-order valence-electron chi connectivity index (χ1n) is 20.2. The van der Waals surface area contributed by atoms with Crippen molar-refractivity contribution in [2.24, 2.45) is 0 Å². The lowest BCUT2D eigenvalue weighted by Crippen LogP contribution is -2.36. The molecule has 0 amide bonds. The normalized spacial score (nSPS) is 13.9. The van der Waals surface area contributed by atoms with Gasteiger partial charge in [-0.2, -0.15) is 0 Å². The van der Waals surface area contributed by atoms with Gasteiger partial charge >= 0.3 is 0 Å². The van der Waals surface area contributed by atoms with Crippen LogP contribution in [0.4, 0.5) is 8.78 Å². The molecule has 10 rings (SSSR count). The van der Waals surface area contributed by atoms with E-state index in [2.05, 4.69) is 48.5 Å². The topological polar surface area (TPSA) is 99.4 Å². The van der Waals surface area contributed by atoms with Gasteiger partial charge in [0.1, 0.15) is 0 Å². The SMILES string of the molecule is COc1cc(C2(c3ccc(O)c(OC)c3)c3ccccc3Cc3ccccc32)ccc1O.Oc1ccc(C2(c3ccc(O)c(F)c3)c3ccccc3Cc3ccccc32)cc1F. The fourth-order valence-corrected chi connectivity index (χ4v) is 9.74. The molecule has 0 spiro atoms. The Bertz CT molecular complexity index is 2790. The van der Waals surface area contributed by atoms with Crippen molar-refractivity contribution < 1.29 is 38.7 Å². The molecule has 0 saturated heterocycles. The molecule has 0 saturated carbocycles. The molecule has 2 aliphatic rings. The molecule has 0 aromatic heterocycles. The second-order valence-corrected chi connectivity index (χ2v) is 15.6. The highest BCUT2D eigenvalue weighted by molar-refractivity contribution is 5.70. The third-order valence-corrected chi connectivity index (χ3v) is 12.4. The lowest BCUT2D eigenvalue weighted by Gasteiger charge is -2.42. The van der Waals surface area contributed by atoms with E-state index in [9.17, 15) is 29.2 Å². The lowest BCUT2D eigenvalue weighted by molar-refractivity contribution is 0.371. The summed E-state index contributed by atoms with van der Waals surface area (Å²) in [7, 11) is 3.11. The van der Waals surface area contributed by atoms with Crippen LogP contribution in [-0.2, 0) is 23.7 Å². The summed E-state index contributed by atoms with van der Waals surface area (Å²) in [5.74, 6) is -1.37. The number of halogens is 2. The van der Waals surface area contributed by atoms with E-state index in [1.807, 2.05) is 72.8 Å². The first kappa shape index (κ1) is 39.9. The Hall–Kier alpha value is -7.58. The number of methoxy groups -OCH3 is 2. The maximum atomic E-state index is 14.6. The first-order valence-corrected chi connectivity index (χ1v) is 20.2. The quantitative estimate of drug-likeness (QED) is 0.133. The Kier molecular flexibility index (Phi) is 10.2. The highest BCUT2D eigenvalue weighted by Crippen LogP contribution is 2.54. The standard InChI is InChI=1S/C28H24O4.C26H18F2O2/c1-31-26-16-20(11-13-24(26)29)28(21-12-14-25(30)27(17-21)32-2)22-9-5-3-7-18(22)15-19-8-4-6-10-23(19)28;27-22-14-18(9-11-24(22)29)26(19-10-12-25(30)23(28)15-19)20-7-3-1-5-16(20)13-17-6-2-4-8-21(17)26/h3-14,16-17,29-30H,15H2,1-2H3;1-12,14-15,29-30H,13H2. The molecular formula is C54H42F2O6. The fourth-order valence-electron chi connectivity index (χ4n) is 9.74. The van der Waals surface area contributed by atoms with Gasteiger partial charge in [-0.15, -0.1) is 0 Å². The number of hydrogen-bond acceptors (Lipinski definition) is 6. The Balaban J connectivity index is 0.000000158. The molecule has 0 fully saturated rings. The van der Waals surface area contributed by atoms with E-state index < -0.39 is 34.0 Å². The Labute approximate surface area is 358 Å². The Morgan fingerprint density at radius 1 is 0.371 bits per heavy atom. The molecule has 8 aromatic rings. The summed E-state index contributed by atoms with van der Waals surface area (Å²) < 4.78 is 40.1. The van der Waals surface area contributed by atoms with Crippen molar-refractivity contribution in [2.75, 3.05) is 14.2 Å². The van der Waals surface area contributed by atoms with Gasteiger partial charge in [-0.1, -0.05) is 121 Å². The van der Waals surface area contributed by atoms with E-state index in [1.54, 1.807) is 38.5 Å². The van der Waals surface area contributed by atoms with Crippen LogP contribution in [0.15, 0.2) is 170 Å². The number of phenolic OH excluding ortho intramolecular Hbond substituents is 4. The third-order valence-electron chi connectivity index (χ3n) is 12.4. The van der Waals surface area contributed by atoms with Crippen molar-refractivity contribution in [1.29, 1.82) is 0 Å². The summed E-state index contributed by atoms with van der Waals surface area (Å²) in [5.41, 5.74) is 10.1. The van der Waals surface area contributed by atoms with Gasteiger partial charge < -0.3 is 29.9 Å². The maximum absolute atomic E-state index is 14.6. The van der Waals surface area contributed by atoms with Gasteiger partial charge in [0, 0.05) is 0 Å². The summed E-state index contributed by atoms with van der Waals surface area (Å²) in [6.45, 7) is 0. The summed E-state index contributed by atoms with van der Waals surface area (Å²) in [6.07, 6.45) is 1.54. The molecule has 8 aromatic carbocycles. The van der Waals surface area contributed by atoms with Crippen molar-refractivity contribution in [3.63, 3.8) is 0 Å². The van der Waals surface area contributed by atoms with Crippen LogP contribution in [0.2, 0.25) is 0 Å². The minimum absolute atomic E-state index is 0.0899. The zero-order chi connectivity index (χ0) is 43.2. The number of ether oxygens (including phenoxy) is 2. The molecule has 0 unspecified atom stereocenters. The van der Waals surface area contributed by atoms with Crippen LogP contribution in [0.5, 0.6) is 34.5 Å². The van der Waals surface area contributed by atoms with Crippen molar-refractivity contribution in [3.8, 4) is 34.5 Å². The second kappa shape index (κ2) is 15.8. The van der Waals surface area contributed by atoms with Crippen LogP contribution < -0.4 is 9.47 Å². The Morgan fingerprint density at radius 3 is 0.935 bits per heavy atom. The molecule has 6 nitrogen and oxygen atoms in total. The monoisotopic (exact) mass is 824 g/mol. The van der Waals surface area contributed by atoms with Gasteiger partial charge in [0.15, 0.2) is 46.1 Å². The first-order chi connectivity index (χ1) is 30.1. The summed E-state index contributed by atoms with van der Waals surface area (Å²) >= 11 is 0. The van der Waals surface area contributed by atoms with Crippen LogP contribution in [0.25, 0.3) is 0 Å². The summed E-state index contributed by atoms with van der Waals surface area (Å²) in [5, 5.41) is 40.2. The highest BCUT2D eigenvalue weighted by atomic mass is 19.1. The molecule has 2 aliphatic carbocycles. The number of aromatic hydroxyl groups is 4. The zero-order valence-corrected chi connectivity index (χ0v) is 33.9. The molecule has 0 aliphatic heterocycles. The van der Waals surface area contributed by atoms with Crippen LogP contribution in [0.3, 0.4) is 0 Å². The average Bonchev–Trinajstić information content (AvgIpc) is 3.30. The highest BCUT2D eigenvalue weighted by Gasteiger charge is 2.46. The van der Waals surface area contributed by atoms with Gasteiger partial charge in [0.2, 0.25) is 0 Å². The minimum Gasteiger partial charge on any atom is -0.505 e. The summed E-state index contributed by atoms with van der Waals surface area (Å²) in [6, 6.07) is 52.2. The van der Waals surface area contributed by atoms with E-state index in [0.29, 0.717) is 29.0 Å². The largest absolute Gasteiger partial charge is 0.505 e. The Morgan fingerprint density at radius 2 is 0.645 bits per heavy atom. The second-order valence-electron chi connectivity index (χ2n) is 15.6. The van der Waals surface area contributed by atoms with E-state index in [1.165, 1.54) is 35.4 Å². The molecule has 0 bridgehead atoms. The number of phenols is 4. The van der Waals surface area contributed by atoms with Crippen molar-refractivity contribution in [2.45, 2.75) is 23.7 Å². The molecular weight excluding hydrogens is 783 g/mol. The number of benzene rings is 8. The van der Waals surface area contributed by atoms with Crippen molar-refractivity contribution >= 4 is 0 Å². The molecule has 8 heteroatoms. The van der Waals surface area contributed by atoms with Crippen molar-refractivity contribution in [3.05, 3.63) is 248 Å². The van der Waals surface area contributed by atoms with Gasteiger partial charge in [0.25, 0.3) is 0 Å². The zero-order valence-electron chi connectivity index (χ0n) is 33.9. The van der Waals surface area contributed by atoms with Crippen LogP contribution >= 0.6 is 0 Å². The van der Waals surface area contributed by atoms with Crippen molar-refractivity contribution in [1.82, 2.24) is 0 Å². The van der Waals surface area contributed by atoms with E-state index in [0.717, 1.165) is 50.9 Å². The van der Waals surface area contributed by atoms with E-state index in [-0.39, 0.29) is 11.5 Å². The molecule has 0 radical (unpaired) electrons. The number of fused-ring (bicyclic) bond motifs is 4. The lowest BCUT2D eigenvalue weighted by atomic mass is 9.59. The summed E-state index contributed by atoms with van der Waals surface area (Å²) in [4.78, 5) is 0. The van der Waals surface area contributed by atoms with Gasteiger partial charge in [-0.3, -0.25) is 0 Å². The predicted molar refractivity (Wildman–Crippen MR) is 235 cm³/mol. The van der Waals surface area contributed by atoms with Gasteiger partial charge in [-0.25, -0.2) is 8.78 Å². The molecule has 0 atom stereocenters.